The topological polar surface area (TPSA) is 163 Å². The molecule has 0 aliphatic carbocycles. The van der Waals surface area contributed by atoms with Crippen molar-refractivity contribution >= 4 is 28.0 Å². The number of aliphatic imine (C=N–C) groups is 1. The number of nitrogens with one attached hydrogen (secondary N) is 1. The van der Waals surface area contributed by atoms with Crippen LogP contribution in [0.5, 0.6) is 11.5 Å². The van der Waals surface area contributed by atoms with E-state index in [4.69, 9.17) is 21.9 Å². The highest BCUT2D eigenvalue weighted by atomic mass is 32.2. The smallest absolute Gasteiger partial charge is 0.275 e. The van der Waals surface area contributed by atoms with Gasteiger partial charge in [0.15, 0.2) is 23.3 Å². The zero-order chi connectivity index (χ0) is 25.0. The van der Waals surface area contributed by atoms with Gasteiger partial charge in [-0.15, -0.1) is 0 Å². The van der Waals surface area contributed by atoms with Crippen LogP contribution in [0.25, 0.3) is 6.08 Å². The van der Waals surface area contributed by atoms with Crippen LogP contribution in [0.4, 0.5) is 8.78 Å². The Bertz CT molecular complexity index is 1180. The van der Waals surface area contributed by atoms with Crippen molar-refractivity contribution in [2.24, 2.45) is 22.2 Å². The highest BCUT2D eigenvalue weighted by molar-refractivity contribution is 7.89. The SMILES string of the molecule is CC(=Cc1cc(F)c(Oc2ccc(S(=O)(=O)NCC(C)(C)N)cc2)c(F)c1)C(=O)N=C(N)N. The molecule has 2 rings (SSSR count). The second kappa shape index (κ2) is 10.1. The molecule has 2 aromatic rings. The fourth-order valence-corrected chi connectivity index (χ4v) is 3.67. The summed E-state index contributed by atoms with van der Waals surface area (Å²) in [5.41, 5.74) is 15.4. The highest BCUT2D eigenvalue weighted by Gasteiger charge is 2.19. The molecule has 12 heteroatoms. The molecular formula is C21H25F2N5O4S. The van der Waals surface area contributed by atoms with Crippen molar-refractivity contribution in [1.82, 2.24) is 4.72 Å². The number of halogens is 2. The van der Waals surface area contributed by atoms with Crippen molar-refractivity contribution in [3.63, 3.8) is 0 Å². The first-order valence-electron chi connectivity index (χ1n) is 9.56. The molecule has 0 heterocycles. The van der Waals surface area contributed by atoms with Gasteiger partial charge in [-0.1, -0.05) is 0 Å². The highest BCUT2D eigenvalue weighted by Crippen LogP contribution is 2.30. The number of sulfonamides is 1. The Hall–Kier alpha value is -3.35. The number of hydrogen-bond acceptors (Lipinski definition) is 5. The molecule has 0 aliphatic rings. The Morgan fingerprint density at radius 2 is 1.70 bits per heavy atom. The third-order valence-corrected chi connectivity index (χ3v) is 5.46. The Balaban J connectivity index is 2.21. The van der Waals surface area contributed by atoms with Crippen LogP contribution in [0.2, 0.25) is 0 Å². The lowest BCUT2D eigenvalue weighted by Gasteiger charge is -2.19. The van der Waals surface area contributed by atoms with E-state index in [0.717, 1.165) is 12.1 Å². The molecule has 0 unspecified atom stereocenters. The fourth-order valence-electron chi connectivity index (χ4n) is 2.45. The van der Waals surface area contributed by atoms with Gasteiger partial charge in [0, 0.05) is 17.7 Å². The third-order valence-electron chi connectivity index (χ3n) is 4.04. The average molecular weight is 482 g/mol. The standard InChI is InChI=1S/C21H25F2N5O4S/c1-12(19(29)28-20(24)25)8-13-9-16(22)18(17(23)10-13)32-14-4-6-15(7-5-14)33(30,31)27-11-21(2,3)26/h4-10,27H,11,26H2,1-3H3,(H4,24,25,28,29). The second-order valence-corrected chi connectivity index (χ2v) is 9.64. The molecule has 7 N–H and O–H groups in total. The fraction of sp³-hybridized carbons (Fsp3) is 0.238. The first kappa shape index (κ1) is 25.9. The van der Waals surface area contributed by atoms with E-state index in [2.05, 4.69) is 9.71 Å². The number of rotatable bonds is 8. The molecule has 0 bridgehead atoms. The van der Waals surface area contributed by atoms with Crippen molar-refractivity contribution in [3.8, 4) is 11.5 Å². The van der Waals surface area contributed by atoms with Gasteiger partial charge in [0.25, 0.3) is 5.91 Å². The van der Waals surface area contributed by atoms with Crippen LogP contribution in [-0.4, -0.2) is 32.4 Å². The van der Waals surface area contributed by atoms with Gasteiger partial charge in [-0.2, -0.15) is 4.99 Å². The van der Waals surface area contributed by atoms with Gasteiger partial charge in [0.2, 0.25) is 10.0 Å². The molecule has 9 nitrogen and oxygen atoms in total. The summed E-state index contributed by atoms with van der Waals surface area (Å²) in [5, 5.41) is 0. The number of benzene rings is 2. The first-order valence-corrected chi connectivity index (χ1v) is 11.0. The maximum Gasteiger partial charge on any atom is 0.275 e. The minimum atomic E-state index is -3.82. The summed E-state index contributed by atoms with van der Waals surface area (Å²) >= 11 is 0. The van der Waals surface area contributed by atoms with Crippen LogP contribution >= 0.6 is 0 Å². The summed E-state index contributed by atoms with van der Waals surface area (Å²) in [6.45, 7) is 4.73. The van der Waals surface area contributed by atoms with Crippen LogP contribution in [0, 0.1) is 11.6 Å². The monoisotopic (exact) mass is 481 g/mol. The number of hydrogen-bond donors (Lipinski definition) is 4. The second-order valence-electron chi connectivity index (χ2n) is 7.87. The summed E-state index contributed by atoms with van der Waals surface area (Å²) in [7, 11) is -3.82. The van der Waals surface area contributed by atoms with Crippen LogP contribution in [-0.2, 0) is 14.8 Å². The number of nitrogens with zero attached hydrogens (tertiary/aromatic N) is 1. The van der Waals surface area contributed by atoms with Gasteiger partial charge in [-0.05, 0) is 68.8 Å². The predicted molar refractivity (Wildman–Crippen MR) is 121 cm³/mol. The number of carbonyl (C=O) groups excluding carboxylic acids is 1. The minimum absolute atomic E-state index is 0.00770. The van der Waals surface area contributed by atoms with Crippen molar-refractivity contribution < 1.29 is 26.7 Å². The van der Waals surface area contributed by atoms with Crippen molar-refractivity contribution in [2.45, 2.75) is 31.2 Å². The van der Waals surface area contributed by atoms with Crippen LogP contribution in [0.1, 0.15) is 26.3 Å². The van der Waals surface area contributed by atoms with Gasteiger partial charge in [-0.25, -0.2) is 21.9 Å². The average Bonchev–Trinajstić information content (AvgIpc) is 2.68. The van der Waals surface area contributed by atoms with E-state index in [9.17, 15) is 22.0 Å². The van der Waals surface area contributed by atoms with Crippen molar-refractivity contribution in [2.75, 3.05) is 6.54 Å². The predicted octanol–water partition coefficient (Wildman–Crippen LogP) is 1.98. The quantitative estimate of drug-likeness (QED) is 0.254. The summed E-state index contributed by atoms with van der Waals surface area (Å²) in [5.74, 6) is -3.95. The molecule has 0 radical (unpaired) electrons. The normalized spacial score (nSPS) is 12.4. The summed E-state index contributed by atoms with van der Waals surface area (Å²) in [4.78, 5) is 15.0. The zero-order valence-electron chi connectivity index (χ0n) is 18.2. The number of guanidine groups is 1. The van der Waals surface area contributed by atoms with Crippen LogP contribution < -0.4 is 26.7 Å². The van der Waals surface area contributed by atoms with Crippen molar-refractivity contribution in [1.29, 1.82) is 0 Å². The molecule has 178 valence electrons. The molecular weight excluding hydrogens is 456 g/mol. The number of carbonyl (C=O) groups is 1. The first-order chi connectivity index (χ1) is 15.2. The van der Waals surface area contributed by atoms with Crippen molar-refractivity contribution in [3.05, 3.63) is 59.2 Å². The lowest BCUT2D eigenvalue weighted by molar-refractivity contribution is -0.114. The van der Waals surface area contributed by atoms with E-state index < -0.39 is 44.8 Å². The van der Waals surface area contributed by atoms with Gasteiger partial charge in [-0.3, -0.25) is 4.79 Å². The Kier molecular flexibility index (Phi) is 7.90. The summed E-state index contributed by atoms with van der Waals surface area (Å²) in [6.07, 6.45) is 1.21. The maximum absolute atomic E-state index is 14.5. The van der Waals surface area contributed by atoms with Crippen LogP contribution in [0.3, 0.4) is 0 Å². The van der Waals surface area contributed by atoms with Gasteiger partial charge in [0.05, 0.1) is 4.90 Å². The van der Waals surface area contributed by atoms with Crippen LogP contribution in [0.15, 0.2) is 51.9 Å². The lowest BCUT2D eigenvalue weighted by Crippen LogP contribution is -2.45. The van der Waals surface area contributed by atoms with E-state index in [0.29, 0.717) is 0 Å². The number of nitrogens with two attached hydrogens (primary N) is 3. The lowest BCUT2D eigenvalue weighted by atomic mass is 10.1. The van der Waals surface area contributed by atoms with E-state index >= 15 is 0 Å². The van der Waals surface area contributed by atoms with Gasteiger partial charge >= 0.3 is 0 Å². The maximum atomic E-state index is 14.5. The molecule has 0 atom stereocenters. The van der Waals surface area contributed by atoms with E-state index in [-0.39, 0.29) is 28.3 Å². The third kappa shape index (κ3) is 7.63. The molecule has 1 amide bonds. The van der Waals surface area contributed by atoms with Gasteiger partial charge < -0.3 is 21.9 Å². The number of ether oxygens (including phenoxy) is 1. The Labute approximate surface area is 190 Å². The molecule has 2 aromatic carbocycles. The van der Waals surface area contributed by atoms with Gasteiger partial charge in [0.1, 0.15) is 5.75 Å². The zero-order valence-corrected chi connectivity index (χ0v) is 19.0. The molecule has 0 aromatic heterocycles. The summed E-state index contributed by atoms with van der Waals surface area (Å²) < 4.78 is 61.2. The summed E-state index contributed by atoms with van der Waals surface area (Å²) in [6, 6.07) is 6.89. The van der Waals surface area contributed by atoms with E-state index in [1.807, 2.05) is 0 Å². The minimum Gasteiger partial charge on any atom is -0.451 e. The molecule has 0 aliphatic heterocycles. The largest absolute Gasteiger partial charge is 0.451 e. The number of amides is 1. The Morgan fingerprint density at radius 1 is 1.15 bits per heavy atom. The molecule has 0 saturated carbocycles. The van der Waals surface area contributed by atoms with E-state index in [1.165, 1.54) is 37.3 Å². The molecule has 0 fully saturated rings. The molecule has 0 saturated heterocycles. The molecule has 33 heavy (non-hydrogen) atoms. The Morgan fingerprint density at radius 3 is 2.18 bits per heavy atom. The van der Waals surface area contributed by atoms with E-state index in [1.54, 1.807) is 13.8 Å². The molecule has 0 spiro atoms.